The lowest BCUT2D eigenvalue weighted by molar-refractivity contribution is -0.138. The van der Waals surface area contributed by atoms with Gasteiger partial charge in [0.1, 0.15) is 5.75 Å². The van der Waals surface area contributed by atoms with Crippen LogP contribution in [-0.4, -0.2) is 17.7 Å². The first kappa shape index (κ1) is 18.1. The van der Waals surface area contributed by atoms with E-state index in [1.54, 1.807) is 0 Å². The Morgan fingerprint density at radius 2 is 1.96 bits per heavy atom. The highest BCUT2D eigenvalue weighted by molar-refractivity contribution is 5.77. The molecule has 0 aliphatic carbocycles. The van der Waals surface area contributed by atoms with E-state index in [9.17, 15) is 9.90 Å². The summed E-state index contributed by atoms with van der Waals surface area (Å²) in [6.45, 7) is 6.81. The molecule has 128 valence electrons. The lowest BCUT2D eigenvalue weighted by atomic mass is 9.88. The highest BCUT2D eigenvalue weighted by Crippen LogP contribution is 2.26. The van der Waals surface area contributed by atoms with Gasteiger partial charge in [0.05, 0.1) is 12.5 Å². The number of aliphatic carboxylic acids is 1. The van der Waals surface area contributed by atoms with Crippen molar-refractivity contribution < 1.29 is 14.6 Å². The molecule has 2 rings (SSSR count). The van der Waals surface area contributed by atoms with Gasteiger partial charge in [0.25, 0.3) is 0 Å². The van der Waals surface area contributed by atoms with Crippen LogP contribution in [-0.2, 0) is 11.2 Å². The van der Waals surface area contributed by atoms with Gasteiger partial charge in [-0.15, -0.1) is 0 Å². The number of ether oxygens (including phenoxy) is 1. The molecule has 0 saturated heterocycles. The molecule has 3 heteroatoms. The van der Waals surface area contributed by atoms with E-state index in [0.717, 1.165) is 40.8 Å². The Morgan fingerprint density at radius 1 is 1.17 bits per heavy atom. The summed E-state index contributed by atoms with van der Waals surface area (Å²) in [6, 6.07) is 13.7. The predicted molar refractivity (Wildman–Crippen MR) is 96.8 cm³/mol. The summed E-state index contributed by atoms with van der Waals surface area (Å²) in [6.07, 6.45) is 2.57. The van der Waals surface area contributed by atoms with E-state index in [4.69, 9.17) is 4.74 Å². The zero-order valence-electron chi connectivity index (χ0n) is 14.7. The van der Waals surface area contributed by atoms with Crippen molar-refractivity contribution in [1.29, 1.82) is 0 Å². The summed E-state index contributed by atoms with van der Waals surface area (Å²) in [7, 11) is 0. The molecule has 0 aromatic heterocycles. The minimum atomic E-state index is -0.792. The predicted octanol–water partition coefficient (Wildman–Crippen LogP) is 4.89. The zero-order valence-corrected chi connectivity index (χ0v) is 14.7. The maximum absolute atomic E-state index is 11.8. The summed E-state index contributed by atoms with van der Waals surface area (Å²) < 4.78 is 5.73. The number of aryl methyl sites for hydroxylation is 2. The van der Waals surface area contributed by atoms with Crippen LogP contribution in [0.5, 0.6) is 5.75 Å². The molecule has 0 radical (unpaired) electrons. The van der Waals surface area contributed by atoms with Crippen LogP contribution >= 0.6 is 0 Å². The second-order valence-corrected chi connectivity index (χ2v) is 6.30. The molecular weight excluding hydrogens is 300 g/mol. The third-order valence-corrected chi connectivity index (χ3v) is 4.20. The van der Waals surface area contributed by atoms with Crippen molar-refractivity contribution in [2.45, 2.75) is 46.0 Å². The molecule has 0 amide bonds. The number of unbranched alkanes of at least 4 members (excludes halogenated alkanes) is 1. The average molecular weight is 326 g/mol. The van der Waals surface area contributed by atoms with E-state index in [-0.39, 0.29) is 0 Å². The lowest BCUT2D eigenvalue weighted by Crippen LogP contribution is -2.15. The van der Waals surface area contributed by atoms with E-state index in [2.05, 4.69) is 6.92 Å². The van der Waals surface area contributed by atoms with Crippen LogP contribution < -0.4 is 4.74 Å². The Bertz CT molecular complexity index is 691. The highest BCUT2D eigenvalue weighted by Gasteiger charge is 2.22. The number of hydrogen-bond donors (Lipinski definition) is 1. The van der Waals surface area contributed by atoms with Crippen molar-refractivity contribution in [2.24, 2.45) is 0 Å². The van der Waals surface area contributed by atoms with Crippen molar-refractivity contribution in [3.05, 3.63) is 64.7 Å². The third kappa shape index (κ3) is 4.85. The number of rotatable bonds is 8. The molecule has 0 spiro atoms. The van der Waals surface area contributed by atoms with Gasteiger partial charge >= 0.3 is 5.97 Å². The summed E-state index contributed by atoms with van der Waals surface area (Å²) in [5.74, 6) is -0.526. The van der Waals surface area contributed by atoms with Crippen LogP contribution in [0, 0.1) is 13.8 Å². The Balaban J connectivity index is 2.19. The van der Waals surface area contributed by atoms with Gasteiger partial charge in [0.2, 0.25) is 0 Å². The first-order chi connectivity index (χ1) is 11.5. The Labute approximate surface area is 144 Å². The van der Waals surface area contributed by atoms with Gasteiger partial charge in [-0.3, -0.25) is 4.79 Å². The third-order valence-electron chi connectivity index (χ3n) is 4.20. The molecule has 0 heterocycles. The number of carboxylic acid groups (broad SMARTS) is 1. The van der Waals surface area contributed by atoms with Gasteiger partial charge in [-0.25, -0.2) is 0 Å². The Kier molecular flexibility index (Phi) is 6.42. The smallest absolute Gasteiger partial charge is 0.311 e. The van der Waals surface area contributed by atoms with Crippen molar-refractivity contribution in [2.75, 3.05) is 6.61 Å². The van der Waals surface area contributed by atoms with Crippen LogP contribution in [0.2, 0.25) is 0 Å². The fourth-order valence-corrected chi connectivity index (χ4v) is 2.88. The summed E-state index contributed by atoms with van der Waals surface area (Å²) >= 11 is 0. The number of benzene rings is 2. The Morgan fingerprint density at radius 3 is 2.62 bits per heavy atom. The number of carbonyl (C=O) groups is 1. The summed E-state index contributed by atoms with van der Waals surface area (Å²) in [5, 5.41) is 9.69. The second kappa shape index (κ2) is 8.53. The van der Waals surface area contributed by atoms with Gasteiger partial charge in [-0.2, -0.15) is 0 Å². The maximum atomic E-state index is 11.8. The first-order valence-electron chi connectivity index (χ1n) is 8.53. The van der Waals surface area contributed by atoms with Crippen LogP contribution in [0.15, 0.2) is 42.5 Å². The SMILES string of the molecule is CCCCOc1cccc(CC(C(=O)O)c2ccc(C)cc2C)c1. The lowest BCUT2D eigenvalue weighted by Gasteiger charge is -2.16. The molecule has 1 N–H and O–H groups in total. The standard InChI is InChI=1S/C21H26O3/c1-4-5-11-24-18-8-6-7-17(13-18)14-20(21(22)23)19-10-9-15(2)12-16(19)3/h6-10,12-13,20H,4-5,11,14H2,1-3H3,(H,22,23). The average Bonchev–Trinajstić information content (AvgIpc) is 2.54. The second-order valence-electron chi connectivity index (χ2n) is 6.30. The number of carboxylic acids is 1. The van der Waals surface area contributed by atoms with Crippen molar-refractivity contribution in [3.63, 3.8) is 0 Å². The van der Waals surface area contributed by atoms with E-state index >= 15 is 0 Å². The molecule has 0 aliphatic heterocycles. The van der Waals surface area contributed by atoms with Crippen LogP contribution in [0.1, 0.15) is 47.9 Å². The van der Waals surface area contributed by atoms with Gasteiger partial charge in [0, 0.05) is 0 Å². The van der Waals surface area contributed by atoms with Gasteiger partial charge in [-0.05, 0) is 55.5 Å². The molecule has 3 nitrogen and oxygen atoms in total. The Hall–Kier alpha value is -2.29. The van der Waals surface area contributed by atoms with Crippen LogP contribution in [0.3, 0.4) is 0 Å². The molecule has 0 bridgehead atoms. The van der Waals surface area contributed by atoms with Crippen LogP contribution in [0.4, 0.5) is 0 Å². The van der Waals surface area contributed by atoms with Crippen molar-refractivity contribution in [3.8, 4) is 5.75 Å². The topological polar surface area (TPSA) is 46.5 Å². The highest BCUT2D eigenvalue weighted by atomic mass is 16.5. The molecule has 0 aliphatic rings. The minimum Gasteiger partial charge on any atom is -0.494 e. The molecule has 2 aromatic rings. The fraction of sp³-hybridized carbons (Fsp3) is 0.381. The monoisotopic (exact) mass is 326 g/mol. The summed E-state index contributed by atoms with van der Waals surface area (Å²) in [4.78, 5) is 11.8. The van der Waals surface area contributed by atoms with Crippen molar-refractivity contribution in [1.82, 2.24) is 0 Å². The van der Waals surface area contributed by atoms with E-state index in [1.807, 2.05) is 56.3 Å². The first-order valence-corrected chi connectivity index (χ1v) is 8.53. The normalized spacial score (nSPS) is 12.0. The minimum absolute atomic E-state index is 0.463. The molecule has 2 aromatic carbocycles. The molecule has 0 saturated carbocycles. The fourth-order valence-electron chi connectivity index (χ4n) is 2.88. The molecular formula is C21H26O3. The van der Waals surface area contributed by atoms with E-state index in [0.29, 0.717) is 13.0 Å². The summed E-state index contributed by atoms with van der Waals surface area (Å²) in [5.41, 5.74) is 4.03. The van der Waals surface area contributed by atoms with Crippen molar-refractivity contribution >= 4 is 5.97 Å². The molecule has 1 atom stereocenters. The maximum Gasteiger partial charge on any atom is 0.311 e. The number of hydrogen-bond acceptors (Lipinski definition) is 2. The largest absolute Gasteiger partial charge is 0.494 e. The molecule has 0 fully saturated rings. The van der Waals surface area contributed by atoms with Gasteiger partial charge in [-0.1, -0.05) is 49.2 Å². The van der Waals surface area contributed by atoms with Crippen LogP contribution in [0.25, 0.3) is 0 Å². The van der Waals surface area contributed by atoms with E-state index < -0.39 is 11.9 Å². The van der Waals surface area contributed by atoms with Gasteiger partial charge < -0.3 is 9.84 Å². The molecule has 1 unspecified atom stereocenters. The quantitative estimate of drug-likeness (QED) is 0.702. The van der Waals surface area contributed by atoms with E-state index in [1.165, 1.54) is 0 Å². The zero-order chi connectivity index (χ0) is 17.5. The molecule has 24 heavy (non-hydrogen) atoms. The van der Waals surface area contributed by atoms with Gasteiger partial charge in [0.15, 0.2) is 0 Å².